The van der Waals surface area contributed by atoms with Crippen LogP contribution in [0, 0.1) is 11.3 Å². The van der Waals surface area contributed by atoms with Gasteiger partial charge in [-0.05, 0) is 42.7 Å². The molecule has 152 valence electrons. The minimum atomic E-state index is -0.964. The van der Waals surface area contributed by atoms with Crippen LogP contribution in [0.2, 0.25) is 0 Å². The first kappa shape index (κ1) is 20.5. The summed E-state index contributed by atoms with van der Waals surface area (Å²) in [5.74, 6) is -0.945. The molecule has 2 aromatic carbocycles. The molecule has 8 nitrogen and oxygen atoms in total. The summed E-state index contributed by atoms with van der Waals surface area (Å²) in [4.78, 5) is 19.6. The van der Waals surface area contributed by atoms with Gasteiger partial charge in [0.05, 0.1) is 30.4 Å². The predicted molar refractivity (Wildman–Crippen MR) is 110 cm³/mol. The number of nitrogen functional groups attached to an aromatic ring is 1. The van der Waals surface area contributed by atoms with Gasteiger partial charge >= 0.3 is 5.97 Å². The average molecular weight is 395 g/mol. The van der Waals surface area contributed by atoms with E-state index < -0.39 is 12.1 Å². The van der Waals surface area contributed by atoms with Gasteiger partial charge in [-0.15, -0.1) is 0 Å². The van der Waals surface area contributed by atoms with Crippen LogP contribution in [-0.4, -0.2) is 40.0 Å². The summed E-state index contributed by atoms with van der Waals surface area (Å²) >= 11 is 0. The number of carbonyl (C=O) groups is 1. The molecule has 6 N–H and O–H groups in total. The lowest BCUT2D eigenvalue weighted by Crippen LogP contribution is -2.41. The summed E-state index contributed by atoms with van der Waals surface area (Å²) in [6, 6.07) is 12.2. The Balaban J connectivity index is 1.76. The first-order chi connectivity index (χ1) is 13.9. The summed E-state index contributed by atoms with van der Waals surface area (Å²) in [6.45, 7) is 1.83. The number of aliphatic hydroxyl groups is 1. The molecule has 0 aliphatic heterocycles. The number of benzene rings is 2. The molecule has 0 aliphatic carbocycles. The Morgan fingerprint density at radius 2 is 2.14 bits per heavy atom. The SMILES string of the molecule is COC(=O)C(Cc1cccc(C(=N)N)c1)C(C)NC(O)c1ccc2nc[nH]c2c1. The average Bonchev–Trinajstić information content (AvgIpc) is 3.19. The predicted octanol–water partition coefficient (Wildman–Crippen LogP) is 1.85. The highest BCUT2D eigenvalue weighted by Crippen LogP contribution is 2.21. The Labute approximate surface area is 168 Å². The highest BCUT2D eigenvalue weighted by atomic mass is 16.5. The van der Waals surface area contributed by atoms with Crippen LogP contribution in [0.3, 0.4) is 0 Å². The van der Waals surface area contributed by atoms with Gasteiger partial charge in [0.2, 0.25) is 0 Å². The maximum atomic E-state index is 12.4. The zero-order chi connectivity index (χ0) is 21.0. The summed E-state index contributed by atoms with van der Waals surface area (Å²) in [6.07, 6.45) is 1.02. The second kappa shape index (κ2) is 8.85. The summed E-state index contributed by atoms with van der Waals surface area (Å²) < 4.78 is 4.98. The van der Waals surface area contributed by atoms with E-state index in [1.165, 1.54) is 7.11 Å². The number of nitrogens with two attached hydrogens (primary N) is 1. The molecular weight excluding hydrogens is 370 g/mol. The first-order valence-electron chi connectivity index (χ1n) is 9.27. The molecule has 0 spiro atoms. The molecule has 8 heteroatoms. The van der Waals surface area contributed by atoms with Gasteiger partial charge < -0.3 is 20.6 Å². The Hall–Kier alpha value is -3.23. The van der Waals surface area contributed by atoms with Gasteiger partial charge in [0.15, 0.2) is 0 Å². The van der Waals surface area contributed by atoms with Crippen molar-refractivity contribution >= 4 is 22.8 Å². The molecule has 1 aromatic heterocycles. The van der Waals surface area contributed by atoms with E-state index in [1.807, 2.05) is 25.1 Å². The van der Waals surface area contributed by atoms with Gasteiger partial charge in [0, 0.05) is 11.6 Å². The number of H-pyrrole nitrogens is 1. The highest BCUT2D eigenvalue weighted by molar-refractivity contribution is 5.95. The smallest absolute Gasteiger partial charge is 0.310 e. The minimum absolute atomic E-state index is 0.0303. The third-order valence-electron chi connectivity index (χ3n) is 4.98. The largest absolute Gasteiger partial charge is 0.469 e. The number of fused-ring (bicyclic) bond motifs is 1. The fourth-order valence-electron chi connectivity index (χ4n) is 3.32. The third-order valence-corrected chi connectivity index (χ3v) is 4.98. The van der Waals surface area contributed by atoms with Gasteiger partial charge in [0.25, 0.3) is 0 Å². The van der Waals surface area contributed by atoms with E-state index in [2.05, 4.69) is 15.3 Å². The van der Waals surface area contributed by atoms with E-state index in [0.29, 0.717) is 17.5 Å². The van der Waals surface area contributed by atoms with Crippen molar-refractivity contribution in [3.8, 4) is 0 Å². The summed E-state index contributed by atoms with van der Waals surface area (Å²) in [7, 11) is 1.34. The minimum Gasteiger partial charge on any atom is -0.469 e. The molecule has 0 aliphatic rings. The van der Waals surface area contributed by atoms with Crippen molar-refractivity contribution < 1.29 is 14.6 Å². The number of amidine groups is 1. The topological polar surface area (TPSA) is 137 Å². The van der Waals surface area contributed by atoms with Crippen molar-refractivity contribution in [1.29, 1.82) is 5.41 Å². The van der Waals surface area contributed by atoms with E-state index in [1.54, 1.807) is 30.6 Å². The van der Waals surface area contributed by atoms with Crippen molar-refractivity contribution in [3.63, 3.8) is 0 Å². The number of hydrogen-bond donors (Lipinski definition) is 5. The first-order valence-corrected chi connectivity index (χ1v) is 9.27. The lowest BCUT2D eigenvalue weighted by atomic mass is 9.92. The normalized spacial score (nSPS) is 14.3. The van der Waals surface area contributed by atoms with Crippen LogP contribution >= 0.6 is 0 Å². The number of imidazole rings is 1. The molecule has 3 rings (SSSR count). The zero-order valence-corrected chi connectivity index (χ0v) is 16.3. The fraction of sp³-hybridized carbons (Fsp3) is 0.286. The molecule has 3 atom stereocenters. The fourth-order valence-corrected chi connectivity index (χ4v) is 3.32. The maximum Gasteiger partial charge on any atom is 0.310 e. The van der Waals surface area contributed by atoms with Gasteiger partial charge in [-0.2, -0.15) is 0 Å². The molecule has 3 aromatic rings. The molecule has 0 radical (unpaired) electrons. The molecule has 0 saturated heterocycles. The number of nitrogens with zero attached hydrogens (tertiary/aromatic N) is 1. The molecular formula is C21H25N5O3. The van der Waals surface area contributed by atoms with Crippen LogP contribution in [0.25, 0.3) is 11.0 Å². The second-order valence-electron chi connectivity index (χ2n) is 6.98. The van der Waals surface area contributed by atoms with Crippen LogP contribution in [0.4, 0.5) is 0 Å². The van der Waals surface area contributed by atoms with E-state index in [-0.39, 0.29) is 17.8 Å². The van der Waals surface area contributed by atoms with Crippen LogP contribution in [-0.2, 0) is 16.0 Å². The van der Waals surface area contributed by atoms with E-state index >= 15 is 0 Å². The Kier molecular flexibility index (Phi) is 6.26. The number of nitrogens with one attached hydrogen (secondary N) is 3. The third kappa shape index (κ3) is 4.79. The summed E-state index contributed by atoms with van der Waals surface area (Å²) in [5, 5.41) is 21.3. The number of rotatable bonds is 8. The second-order valence-corrected chi connectivity index (χ2v) is 6.98. The van der Waals surface area contributed by atoms with Crippen molar-refractivity contribution in [2.75, 3.05) is 7.11 Å². The highest BCUT2D eigenvalue weighted by Gasteiger charge is 2.28. The molecule has 0 fully saturated rings. The van der Waals surface area contributed by atoms with Crippen LogP contribution in [0.1, 0.15) is 29.8 Å². The molecule has 0 saturated carbocycles. The lowest BCUT2D eigenvalue weighted by molar-refractivity contribution is -0.146. The van der Waals surface area contributed by atoms with Gasteiger partial charge in [-0.25, -0.2) is 4.98 Å². The number of aliphatic hydroxyl groups excluding tert-OH is 1. The van der Waals surface area contributed by atoms with Gasteiger partial charge in [0.1, 0.15) is 12.1 Å². The quantitative estimate of drug-likeness (QED) is 0.171. The maximum absolute atomic E-state index is 12.4. The number of ether oxygens (including phenoxy) is 1. The number of aromatic amines is 1. The summed E-state index contributed by atoms with van der Waals surface area (Å²) in [5.41, 5.74) is 9.31. The van der Waals surface area contributed by atoms with E-state index in [9.17, 15) is 9.90 Å². The van der Waals surface area contributed by atoms with Crippen LogP contribution < -0.4 is 11.1 Å². The van der Waals surface area contributed by atoms with Crippen molar-refractivity contribution in [1.82, 2.24) is 15.3 Å². The molecule has 29 heavy (non-hydrogen) atoms. The molecule has 0 amide bonds. The molecule has 3 unspecified atom stereocenters. The van der Waals surface area contributed by atoms with Gasteiger partial charge in [-0.3, -0.25) is 15.5 Å². The van der Waals surface area contributed by atoms with Crippen molar-refractivity contribution in [2.24, 2.45) is 11.7 Å². The van der Waals surface area contributed by atoms with Crippen molar-refractivity contribution in [2.45, 2.75) is 25.6 Å². The van der Waals surface area contributed by atoms with Crippen molar-refractivity contribution in [3.05, 3.63) is 65.5 Å². The number of aromatic nitrogens is 2. The van der Waals surface area contributed by atoms with Crippen LogP contribution in [0.5, 0.6) is 0 Å². The lowest BCUT2D eigenvalue weighted by Gasteiger charge is -2.26. The van der Waals surface area contributed by atoms with E-state index in [4.69, 9.17) is 15.9 Å². The number of methoxy groups -OCH3 is 1. The monoisotopic (exact) mass is 395 g/mol. The van der Waals surface area contributed by atoms with E-state index in [0.717, 1.165) is 16.6 Å². The van der Waals surface area contributed by atoms with Crippen LogP contribution in [0.15, 0.2) is 48.8 Å². The number of carbonyl (C=O) groups excluding carboxylic acids is 1. The molecule has 1 heterocycles. The number of esters is 1. The Morgan fingerprint density at radius 3 is 2.86 bits per heavy atom. The van der Waals surface area contributed by atoms with Gasteiger partial charge in [-0.1, -0.05) is 24.3 Å². The standard InChI is InChI=1S/C21H25N5O3/c1-12(26-20(27)15-6-7-17-18(10-15)25-11-24-17)16(21(28)29-2)9-13-4-3-5-14(8-13)19(22)23/h3-8,10-12,16,20,26-27H,9H2,1-2H3,(H3,22,23)(H,24,25). The Bertz CT molecular complexity index is 1020. The zero-order valence-electron chi connectivity index (χ0n) is 16.3. The molecule has 0 bridgehead atoms. The number of hydrogen-bond acceptors (Lipinski definition) is 6. The Morgan fingerprint density at radius 1 is 1.34 bits per heavy atom.